The fourth-order valence-corrected chi connectivity index (χ4v) is 2.45. The minimum Gasteiger partial charge on any atom is -1.00 e. The summed E-state index contributed by atoms with van der Waals surface area (Å²) in [4.78, 5) is 0. The van der Waals surface area contributed by atoms with Crippen molar-refractivity contribution in [2.24, 2.45) is 0 Å². The van der Waals surface area contributed by atoms with Crippen molar-refractivity contribution in [1.29, 1.82) is 0 Å². The second kappa shape index (κ2) is 6.20. The van der Waals surface area contributed by atoms with E-state index in [4.69, 9.17) is 0 Å². The van der Waals surface area contributed by atoms with Crippen LogP contribution in [0.3, 0.4) is 0 Å². The first-order valence-corrected chi connectivity index (χ1v) is 6.09. The van der Waals surface area contributed by atoms with E-state index in [9.17, 15) is 0 Å². The third-order valence-corrected chi connectivity index (χ3v) is 3.25. The van der Waals surface area contributed by atoms with Gasteiger partial charge in [-0.25, -0.2) is 0 Å². The molecule has 0 heterocycles. The molecule has 0 atom stereocenters. The van der Waals surface area contributed by atoms with Crippen molar-refractivity contribution in [2.45, 2.75) is 12.8 Å². The van der Waals surface area contributed by atoms with Crippen LogP contribution in [0, 0.1) is 5.92 Å². The van der Waals surface area contributed by atoms with Crippen LogP contribution in [0.4, 0.5) is 0 Å². The van der Waals surface area contributed by atoms with Crippen LogP contribution in [0.2, 0.25) is 0 Å². The van der Waals surface area contributed by atoms with Crippen LogP contribution < -0.4 is 0 Å². The molecule has 0 aromatic heterocycles. The molecule has 90 valence electrons. The third-order valence-electron chi connectivity index (χ3n) is 3.25. The van der Waals surface area contributed by atoms with Crippen LogP contribution in [0.1, 0.15) is 22.7 Å². The third kappa shape index (κ3) is 2.67. The van der Waals surface area contributed by atoms with Gasteiger partial charge in [-0.1, -0.05) is 48.4 Å². The molecule has 0 spiro atoms. The Hall–Kier alpha value is -1.07. The molecule has 18 heavy (non-hydrogen) atoms. The fourth-order valence-electron chi connectivity index (χ4n) is 2.45. The molecular formula is C17H18Zr. The quantitative estimate of drug-likeness (QED) is 0.709. The maximum Gasteiger partial charge on any atom is 4.00 e. The Labute approximate surface area is 132 Å². The van der Waals surface area contributed by atoms with E-state index in [1.165, 1.54) is 22.6 Å². The Morgan fingerprint density at radius 1 is 0.833 bits per heavy atom. The zero-order valence-electron chi connectivity index (χ0n) is 13.3. The molecule has 1 heteroatoms. The molecule has 0 radical (unpaired) electrons. The van der Waals surface area contributed by atoms with Gasteiger partial charge in [-0.3, -0.25) is 0 Å². The molecule has 0 bridgehead atoms. The minimum atomic E-state index is 0. The molecule has 2 aliphatic carbocycles. The van der Waals surface area contributed by atoms with Gasteiger partial charge in [0.2, 0.25) is 0 Å². The average molecular weight is 314 g/mol. The summed E-state index contributed by atoms with van der Waals surface area (Å²) in [5, 5.41) is 0. The summed E-state index contributed by atoms with van der Waals surface area (Å²) in [7, 11) is 0. The largest absolute Gasteiger partial charge is 4.00 e. The van der Waals surface area contributed by atoms with Gasteiger partial charge in [-0.05, 0) is 12.8 Å². The normalized spacial score (nSPS) is 16.2. The van der Waals surface area contributed by atoms with Crippen molar-refractivity contribution in [2.75, 3.05) is 0 Å². The predicted octanol–water partition coefficient (Wildman–Crippen LogP) is 4.72. The number of rotatable bonds is 3. The number of hydrogen-bond donors (Lipinski definition) is 0. The summed E-state index contributed by atoms with van der Waals surface area (Å²) in [5.41, 5.74) is 4.20. The van der Waals surface area contributed by atoms with Crippen molar-refractivity contribution in [3.63, 3.8) is 0 Å². The van der Waals surface area contributed by atoms with Gasteiger partial charge in [0, 0.05) is 0 Å². The molecule has 1 aromatic rings. The smallest absolute Gasteiger partial charge is 1.00 e. The molecule has 0 fully saturated rings. The van der Waals surface area contributed by atoms with E-state index in [1.54, 1.807) is 0 Å². The van der Waals surface area contributed by atoms with Crippen LogP contribution in [-0.4, -0.2) is 0 Å². The van der Waals surface area contributed by atoms with Crippen molar-refractivity contribution in [1.82, 2.24) is 0 Å². The van der Waals surface area contributed by atoms with Gasteiger partial charge in [0.05, 0.1) is 0 Å². The van der Waals surface area contributed by atoms with Gasteiger partial charge in [-0.15, -0.1) is 41.0 Å². The van der Waals surface area contributed by atoms with Gasteiger partial charge < -0.3 is 4.28 Å². The Bertz CT molecular complexity index is 500. The fraction of sp³-hybridized carbons (Fsp3) is 0.118. The van der Waals surface area contributed by atoms with Crippen molar-refractivity contribution in [3.8, 4) is 0 Å². The Morgan fingerprint density at radius 2 is 1.39 bits per heavy atom. The summed E-state index contributed by atoms with van der Waals surface area (Å²) < 4.78 is 0. The van der Waals surface area contributed by atoms with Crippen molar-refractivity contribution >= 4 is 0 Å². The second-order valence-electron chi connectivity index (χ2n) is 4.39. The molecule has 3 rings (SSSR count). The van der Waals surface area contributed by atoms with Gasteiger partial charge in [0.25, 0.3) is 0 Å². The summed E-state index contributed by atoms with van der Waals surface area (Å²) in [5.74, 6) is 1.42. The second-order valence-corrected chi connectivity index (χ2v) is 4.39. The van der Waals surface area contributed by atoms with Crippen LogP contribution >= 0.6 is 0 Å². The van der Waals surface area contributed by atoms with Gasteiger partial charge in [0.15, 0.2) is 0 Å². The van der Waals surface area contributed by atoms with E-state index in [-0.39, 0.29) is 30.5 Å². The van der Waals surface area contributed by atoms with Crippen LogP contribution in [0.25, 0.3) is 0 Å². The predicted molar refractivity (Wildman–Crippen MR) is 75.8 cm³/mol. The molecule has 0 saturated carbocycles. The molecule has 0 nitrogen and oxygen atoms in total. The van der Waals surface area contributed by atoms with Crippen LogP contribution in [-0.2, 0) is 26.2 Å². The van der Waals surface area contributed by atoms with Gasteiger partial charge >= 0.3 is 26.2 Å². The Morgan fingerprint density at radius 3 is 1.83 bits per heavy atom. The Balaban J connectivity index is 0. The van der Waals surface area contributed by atoms with Crippen LogP contribution in [0.5, 0.6) is 0 Å². The van der Waals surface area contributed by atoms with Crippen LogP contribution in [0.15, 0.2) is 77.9 Å². The molecule has 0 unspecified atom stereocenters. The van der Waals surface area contributed by atoms with E-state index in [1.807, 2.05) is 0 Å². The van der Waals surface area contributed by atoms with Crippen molar-refractivity contribution < 1.29 is 30.5 Å². The van der Waals surface area contributed by atoms with E-state index in [0.29, 0.717) is 0 Å². The monoisotopic (exact) mass is 312 g/mol. The summed E-state index contributed by atoms with van der Waals surface area (Å²) in [6.45, 7) is 0. The molecule has 0 aliphatic heterocycles. The number of hydrogen-bond acceptors (Lipinski definition) is 0. The average Bonchev–Trinajstić information content (AvgIpc) is 3.04. The molecule has 0 saturated heterocycles. The molecule has 2 aliphatic rings. The zero-order valence-corrected chi connectivity index (χ0v) is 12.7. The first-order chi connectivity index (χ1) is 8.45. The number of allylic oxidation sites excluding steroid dienone is 8. The molecular weight excluding hydrogens is 295 g/mol. The first kappa shape index (κ1) is 13.4. The SMILES string of the molecule is C1=CCC([C-](C2=CC=CC2)c2ccccc2)=C1.[H-].[H-].[H-].[Zr+4]. The summed E-state index contributed by atoms with van der Waals surface area (Å²) >= 11 is 0. The van der Waals surface area contributed by atoms with E-state index >= 15 is 0 Å². The van der Waals surface area contributed by atoms with E-state index in [2.05, 4.69) is 66.8 Å². The molecule has 0 amide bonds. The number of benzene rings is 1. The first-order valence-electron chi connectivity index (χ1n) is 6.09. The van der Waals surface area contributed by atoms with Gasteiger partial charge in [-0.2, -0.15) is 0 Å². The minimum absolute atomic E-state index is 0. The molecule has 0 N–H and O–H groups in total. The van der Waals surface area contributed by atoms with E-state index < -0.39 is 0 Å². The maximum atomic E-state index is 2.24. The topological polar surface area (TPSA) is 0 Å². The maximum absolute atomic E-state index is 2.24. The van der Waals surface area contributed by atoms with Gasteiger partial charge in [0.1, 0.15) is 0 Å². The van der Waals surface area contributed by atoms with Crippen molar-refractivity contribution in [3.05, 3.63) is 89.4 Å². The Kier molecular flexibility index (Phi) is 4.61. The zero-order chi connectivity index (χ0) is 11.5. The summed E-state index contributed by atoms with van der Waals surface area (Å²) in [6.07, 6.45) is 15.3. The summed E-state index contributed by atoms with van der Waals surface area (Å²) in [6, 6.07) is 10.7. The standard InChI is InChI=1S/C17H15.Zr.3H/c1-2-8-14(9-3-1)17(15-10-4-5-11-15)16-12-6-7-13-16;;;;/h1-10,12H,11,13H2;;;;/q-1;+4;3*-1. The van der Waals surface area contributed by atoms with E-state index in [0.717, 1.165) is 12.8 Å². The molecule has 1 aromatic carbocycles.